The van der Waals surface area contributed by atoms with Crippen LogP contribution in [0.15, 0.2) is 0 Å². The quantitative estimate of drug-likeness (QED) is 0.626. The minimum Gasteiger partial charge on any atom is -0.370 e. The summed E-state index contributed by atoms with van der Waals surface area (Å²) in [6.45, 7) is 6.33. The summed E-state index contributed by atoms with van der Waals surface area (Å²) in [6.07, 6.45) is 1.42. The van der Waals surface area contributed by atoms with Crippen LogP contribution in [0.3, 0.4) is 0 Å². The maximum atomic E-state index is 5.79. The number of rotatable bonds is 2. The van der Waals surface area contributed by atoms with Crippen molar-refractivity contribution in [1.29, 1.82) is 0 Å². The molecule has 1 spiro atoms. The molecule has 0 aromatic carbocycles. The van der Waals surface area contributed by atoms with Crippen molar-refractivity contribution in [2.45, 2.75) is 32.2 Å². The molecule has 2 aliphatic rings. The van der Waals surface area contributed by atoms with E-state index in [1.54, 1.807) is 0 Å². The lowest BCUT2D eigenvalue weighted by atomic mass is 10.0. The molecule has 2 fully saturated rings. The van der Waals surface area contributed by atoms with Gasteiger partial charge in [0.15, 0.2) is 0 Å². The molecule has 0 aliphatic carbocycles. The van der Waals surface area contributed by atoms with E-state index in [1.165, 1.54) is 0 Å². The summed E-state index contributed by atoms with van der Waals surface area (Å²) in [5.74, 6) is 0.235. The van der Waals surface area contributed by atoms with E-state index >= 15 is 0 Å². The molecule has 0 radical (unpaired) electrons. The highest BCUT2D eigenvalue weighted by atomic mass is 16.8. The van der Waals surface area contributed by atoms with Crippen LogP contribution in [0.2, 0.25) is 0 Å². The first-order chi connectivity index (χ1) is 5.76. The number of ether oxygens (including phenoxy) is 3. The Kier molecular flexibility index (Phi) is 2.10. The standard InChI is InChI=1S/C9H16O3/c1-3-7(2)8-4-11-9(12-8)5-10-6-9/h7-8H,3-6H2,1-2H3/t7-,8?/m0/s1. The molecular formula is C9H16O3. The first-order valence-corrected chi connectivity index (χ1v) is 4.65. The van der Waals surface area contributed by atoms with E-state index in [0.717, 1.165) is 13.0 Å². The molecule has 2 aliphatic heterocycles. The van der Waals surface area contributed by atoms with Gasteiger partial charge >= 0.3 is 0 Å². The molecule has 0 bridgehead atoms. The monoisotopic (exact) mass is 172 g/mol. The molecule has 1 unspecified atom stereocenters. The van der Waals surface area contributed by atoms with Gasteiger partial charge in [-0.05, 0) is 5.92 Å². The molecule has 0 aromatic heterocycles. The van der Waals surface area contributed by atoms with Crippen molar-refractivity contribution in [1.82, 2.24) is 0 Å². The number of hydrogen-bond acceptors (Lipinski definition) is 3. The summed E-state index contributed by atoms with van der Waals surface area (Å²) < 4.78 is 16.4. The van der Waals surface area contributed by atoms with Gasteiger partial charge in [-0.15, -0.1) is 0 Å². The zero-order chi connectivity index (χ0) is 8.60. The Balaban J connectivity index is 1.89. The van der Waals surface area contributed by atoms with Crippen molar-refractivity contribution in [2.75, 3.05) is 19.8 Å². The molecule has 2 heterocycles. The molecule has 70 valence electrons. The summed E-state index contributed by atoms with van der Waals surface area (Å²) >= 11 is 0. The fourth-order valence-corrected chi connectivity index (χ4v) is 1.54. The van der Waals surface area contributed by atoms with Crippen LogP contribution < -0.4 is 0 Å². The SMILES string of the molecule is CC[C@H](C)C1COC2(COC2)O1. The smallest absolute Gasteiger partial charge is 0.216 e. The van der Waals surface area contributed by atoms with Gasteiger partial charge in [0.1, 0.15) is 13.2 Å². The first kappa shape index (κ1) is 8.48. The molecular weight excluding hydrogens is 156 g/mol. The Bertz CT molecular complexity index is 165. The minimum atomic E-state index is -0.353. The van der Waals surface area contributed by atoms with Crippen molar-refractivity contribution in [3.8, 4) is 0 Å². The van der Waals surface area contributed by atoms with Gasteiger partial charge in [-0.3, -0.25) is 0 Å². The van der Waals surface area contributed by atoms with Gasteiger partial charge in [-0.1, -0.05) is 20.3 Å². The van der Waals surface area contributed by atoms with Crippen molar-refractivity contribution in [2.24, 2.45) is 5.92 Å². The summed E-state index contributed by atoms with van der Waals surface area (Å²) in [5.41, 5.74) is 0. The van der Waals surface area contributed by atoms with E-state index in [0.29, 0.717) is 19.1 Å². The van der Waals surface area contributed by atoms with Crippen LogP contribution in [0.1, 0.15) is 20.3 Å². The van der Waals surface area contributed by atoms with E-state index in [2.05, 4.69) is 13.8 Å². The lowest BCUT2D eigenvalue weighted by Gasteiger charge is -2.36. The zero-order valence-electron chi connectivity index (χ0n) is 7.71. The predicted octanol–water partition coefficient (Wildman–Crippen LogP) is 1.17. The Labute approximate surface area is 73.0 Å². The molecule has 0 amide bonds. The van der Waals surface area contributed by atoms with Gasteiger partial charge in [0.05, 0.1) is 12.7 Å². The lowest BCUT2D eigenvalue weighted by Crippen LogP contribution is -2.51. The first-order valence-electron chi connectivity index (χ1n) is 4.65. The lowest BCUT2D eigenvalue weighted by molar-refractivity contribution is -0.300. The highest BCUT2D eigenvalue weighted by Gasteiger charge is 2.48. The average Bonchev–Trinajstić information content (AvgIpc) is 2.46. The Morgan fingerprint density at radius 2 is 2.25 bits per heavy atom. The van der Waals surface area contributed by atoms with Gasteiger partial charge in [0, 0.05) is 0 Å². The van der Waals surface area contributed by atoms with Crippen LogP contribution in [0.4, 0.5) is 0 Å². The van der Waals surface area contributed by atoms with Gasteiger partial charge in [-0.2, -0.15) is 0 Å². The topological polar surface area (TPSA) is 27.7 Å². The Morgan fingerprint density at radius 1 is 1.50 bits per heavy atom. The molecule has 2 saturated heterocycles. The minimum absolute atomic E-state index is 0.277. The highest BCUT2D eigenvalue weighted by molar-refractivity contribution is 4.86. The zero-order valence-corrected chi connectivity index (χ0v) is 7.71. The largest absolute Gasteiger partial charge is 0.370 e. The fourth-order valence-electron chi connectivity index (χ4n) is 1.54. The Hall–Kier alpha value is -0.120. The van der Waals surface area contributed by atoms with Crippen LogP contribution in [-0.4, -0.2) is 31.7 Å². The summed E-state index contributed by atoms with van der Waals surface area (Å²) in [4.78, 5) is 0. The predicted molar refractivity (Wildman–Crippen MR) is 43.8 cm³/mol. The van der Waals surface area contributed by atoms with Gasteiger partial charge in [-0.25, -0.2) is 0 Å². The summed E-state index contributed by atoms with van der Waals surface area (Å²) in [5, 5.41) is 0. The van der Waals surface area contributed by atoms with Crippen LogP contribution in [0.25, 0.3) is 0 Å². The van der Waals surface area contributed by atoms with Crippen LogP contribution in [0, 0.1) is 5.92 Å². The van der Waals surface area contributed by atoms with Crippen molar-refractivity contribution in [3.05, 3.63) is 0 Å². The molecule has 3 nitrogen and oxygen atoms in total. The summed E-state index contributed by atoms with van der Waals surface area (Å²) in [6, 6.07) is 0. The second-order valence-electron chi connectivity index (χ2n) is 3.76. The van der Waals surface area contributed by atoms with Gasteiger partial charge in [0.2, 0.25) is 5.79 Å². The second-order valence-corrected chi connectivity index (χ2v) is 3.76. The fraction of sp³-hybridized carbons (Fsp3) is 1.00. The van der Waals surface area contributed by atoms with Crippen LogP contribution in [-0.2, 0) is 14.2 Å². The summed E-state index contributed by atoms with van der Waals surface area (Å²) in [7, 11) is 0. The second kappa shape index (κ2) is 2.98. The van der Waals surface area contributed by atoms with Crippen LogP contribution >= 0.6 is 0 Å². The van der Waals surface area contributed by atoms with E-state index in [1.807, 2.05) is 0 Å². The molecule has 0 N–H and O–H groups in total. The van der Waals surface area contributed by atoms with Crippen molar-refractivity contribution < 1.29 is 14.2 Å². The molecule has 2 atom stereocenters. The molecule has 3 heteroatoms. The number of hydrogen-bond donors (Lipinski definition) is 0. The maximum absolute atomic E-state index is 5.79. The average molecular weight is 172 g/mol. The van der Waals surface area contributed by atoms with Crippen molar-refractivity contribution in [3.63, 3.8) is 0 Å². The molecule has 2 rings (SSSR count). The third-order valence-electron chi connectivity index (χ3n) is 2.80. The normalized spacial score (nSPS) is 35.0. The molecule has 0 aromatic rings. The molecule has 0 saturated carbocycles. The van der Waals surface area contributed by atoms with E-state index in [4.69, 9.17) is 14.2 Å². The third kappa shape index (κ3) is 1.26. The van der Waals surface area contributed by atoms with Gasteiger partial charge < -0.3 is 14.2 Å². The Morgan fingerprint density at radius 3 is 2.67 bits per heavy atom. The highest BCUT2D eigenvalue weighted by Crippen LogP contribution is 2.33. The van der Waals surface area contributed by atoms with Crippen molar-refractivity contribution >= 4 is 0 Å². The van der Waals surface area contributed by atoms with Crippen LogP contribution in [0.5, 0.6) is 0 Å². The van der Waals surface area contributed by atoms with E-state index < -0.39 is 0 Å². The van der Waals surface area contributed by atoms with E-state index in [9.17, 15) is 0 Å². The molecule has 12 heavy (non-hydrogen) atoms. The third-order valence-corrected chi connectivity index (χ3v) is 2.80. The van der Waals surface area contributed by atoms with Gasteiger partial charge in [0.25, 0.3) is 0 Å². The van der Waals surface area contributed by atoms with E-state index in [-0.39, 0.29) is 11.9 Å². The maximum Gasteiger partial charge on any atom is 0.216 e.